The Balaban J connectivity index is 0.000000387. The monoisotopic (exact) mass is 404 g/mol. The van der Waals surface area contributed by atoms with Crippen molar-refractivity contribution in [2.75, 3.05) is 0 Å². The highest BCUT2D eigenvalue weighted by Gasteiger charge is 2.58. The molecule has 0 heterocycles. The van der Waals surface area contributed by atoms with Gasteiger partial charge in [-0.2, -0.15) is 0 Å². The summed E-state index contributed by atoms with van der Waals surface area (Å²) in [4.78, 5) is 0. The first kappa shape index (κ1) is 25.3. The van der Waals surface area contributed by atoms with Gasteiger partial charge in [-0.25, -0.2) is 0 Å². The Hall–Kier alpha value is 0. The van der Waals surface area contributed by atoms with Gasteiger partial charge in [0.1, 0.15) is 0 Å². The Bertz CT molecular complexity index is 399. The largest absolute Gasteiger partial charge is 0.0683 e. The molecule has 0 spiro atoms. The average Bonchev–Trinajstić information content (AvgIpc) is 3.23. The SMILES string of the molecule is CC.CC.CC1C2CCCCC2C2CC3C(C)C4CCCCC4C3CC12.CCC. The molecule has 5 rings (SSSR count). The molecule has 0 aromatic rings. The maximum absolute atomic E-state index is 2.66. The lowest BCUT2D eigenvalue weighted by Gasteiger charge is -2.41. The van der Waals surface area contributed by atoms with Gasteiger partial charge in [0.2, 0.25) is 0 Å². The molecule has 29 heavy (non-hydrogen) atoms. The summed E-state index contributed by atoms with van der Waals surface area (Å²) < 4.78 is 0. The molecule has 5 saturated carbocycles. The van der Waals surface area contributed by atoms with E-state index in [1.807, 2.05) is 27.7 Å². The van der Waals surface area contributed by atoms with Gasteiger partial charge >= 0.3 is 0 Å². The fourth-order valence-electron chi connectivity index (χ4n) is 8.90. The second-order valence-corrected chi connectivity index (χ2v) is 10.8. The van der Waals surface area contributed by atoms with E-state index in [0.717, 1.165) is 59.2 Å². The summed E-state index contributed by atoms with van der Waals surface area (Å²) in [6, 6.07) is 0. The fourth-order valence-corrected chi connectivity index (χ4v) is 8.90. The van der Waals surface area contributed by atoms with Crippen LogP contribution in [0, 0.1) is 59.2 Å². The normalized spacial score (nSPS) is 46.8. The van der Waals surface area contributed by atoms with Gasteiger partial charge in [-0.1, -0.05) is 87.5 Å². The zero-order valence-corrected chi connectivity index (χ0v) is 21.6. The van der Waals surface area contributed by atoms with E-state index in [9.17, 15) is 0 Å². The molecule has 0 saturated heterocycles. The van der Waals surface area contributed by atoms with Gasteiger partial charge in [0, 0.05) is 0 Å². The smallest absolute Gasteiger partial charge is 0.0349 e. The van der Waals surface area contributed by atoms with Crippen LogP contribution in [0.3, 0.4) is 0 Å². The molecule has 0 nitrogen and oxygen atoms in total. The van der Waals surface area contributed by atoms with Crippen molar-refractivity contribution in [3.63, 3.8) is 0 Å². The van der Waals surface area contributed by atoms with Crippen LogP contribution in [0.1, 0.15) is 126 Å². The predicted molar refractivity (Wildman–Crippen MR) is 131 cm³/mol. The van der Waals surface area contributed by atoms with Crippen molar-refractivity contribution in [1.29, 1.82) is 0 Å². The minimum absolute atomic E-state index is 1.06. The van der Waals surface area contributed by atoms with Crippen LogP contribution in [0.15, 0.2) is 0 Å². The van der Waals surface area contributed by atoms with Gasteiger partial charge in [0.15, 0.2) is 0 Å². The second kappa shape index (κ2) is 12.1. The fraction of sp³-hybridized carbons (Fsp3) is 1.00. The van der Waals surface area contributed by atoms with E-state index in [-0.39, 0.29) is 0 Å². The molecule has 172 valence electrons. The molecular weight excluding hydrogens is 348 g/mol. The van der Waals surface area contributed by atoms with Gasteiger partial charge < -0.3 is 0 Å². The van der Waals surface area contributed by atoms with Gasteiger partial charge in [0.05, 0.1) is 0 Å². The van der Waals surface area contributed by atoms with Crippen molar-refractivity contribution in [3.05, 3.63) is 0 Å². The summed E-state index contributed by atoms with van der Waals surface area (Å²) in [5.41, 5.74) is 0. The summed E-state index contributed by atoms with van der Waals surface area (Å²) in [6.07, 6.45) is 17.1. The summed E-state index contributed by atoms with van der Waals surface area (Å²) in [6.45, 7) is 17.6. The highest BCUT2D eigenvalue weighted by atomic mass is 14.6. The number of fused-ring (bicyclic) bond motifs is 6. The topological polar surface area (TPSA) is 0 Å². The van der Waals surface area contributed by atoms with Crippen LogP contribution in [-0.4, -0.2) is 0 Å². The van der Waals surface area contributed by atoms with Gasteiger partial charge in [-0.15, -0.1) is 0 Å². The molecular formula is C29H56. The zero-order chi connectivity index (χ0) is 21.6. The molecule has 0 bridgehead atoms. The van der Waals surface area contributed by atoms with Crippen molar-refractivity contribution in [2.45, 2.75) is 126 Å². The zero-order valence-electron chi connectivity index (χ0n) is 21.6. The third-order valence-corrected chi connectivity index (χ3v) is 9.74. The first-order chi connectivity index (χ1) is 14.2. The van der Waals surface area contributed by atoms with Crippen LogP contribution in [0.25, 0.3) is 0 Å². The quantitative estimate of drug-likeness (QED) is 0.377. The third-order valence-electron chi connectivity index (χ3n) is 9.74. The Morgan fingerprint density at radius 1 is 0.448 bits per heavy atom. The van der Waals surface area contributed by atoms with Crippen LogP contribution in [-0.2, 0) is 0 Å². The maximum atomic E-state index is 2.66. The van der Waals surface area contributed by atoms with Crippen LogP contribution < -0.4 is 0 Å². The summed E-state index contributed by atoms with van der Waals surface area (Å²) >= 11 is 0. The minimum atomic E-state index is 1.06. The molecule has 5 aliphatic carbocycles. The lowest BCUT2D eigenvalue weighted by Crippen LogP contribution is -2.34. The van der Waals surface area contributed by atoms with E-state index in [1.54, 1.807) is 64.2 Å². The average molecular weight is 405 g/mol. The lowest BCUT2D eigenvalue weighted by atomic mass is 9.64. The molecule has 0 N–H and O–H groups in total. The molecule has 10 unspecified atom stereocenters. The molecule has 0 aromatic carbocycles. The van der Waals surface area contributed by atoms with Crippen molar-refractivity contribution in [2.24, 2.45) is 59.2 Å². The highest BCUT2D eigenvalue weighted by molar-refractivity contribution is 5.07. The van der Waals surface area contributed by atoms with Crippen molar-refractivity contribution < 1.29 is 0 Å². The van der Waals surface area contributed by atoms with Gasteiger partial charge in [-0.05, 0) is 97.7 Å². The summed E-state index contributed by atoms with van der Waals surface area (Å²) in [5, 5.41) is 0. The van der Waals surface area contributed by atoms with E-state index in [0.29, 0.717) is 0 Å². The Morgan fingerprint density at radius 3 is 1.03 bits per heavy atom. The Morgan fingerprint density at radius 2 is 0.724 bits per heavy atom. The summed E-state index contributed by atoms with van der Waals surface area (Å²) in [5.74, 6) is 11.2. The molecule has 0 heteroatoms. The summed E-state index contributed by atoms with van der Waals surface area (Å²) in [7, 11) is 0. The number of hydrogen-bond donors (Lipinski definition) is 0. The van der Waals surface area contributed by atoms with E-state index in [1.165, 1.54) is 6.42 Å². The maximum Gasteiger partial charge on any atom is -0.0349 e. The molecule has 0 aromatic heterocycles. The van der Waals surface area contributed by atoms with E-state index >= 15 is 0 Å². The van der Waals surface area contributed by atoms with E-state index < -0.39 is 0 Å². The second-order valence-electron chi connectivity index (χ2n) is 10.8. The Kier molecular flexibility index (Phi) is 10.6. The Labute approximate surface area is 185 Å². The van der Waals surface area contributed by atoms with Crippen molar-refractivity contribution >= 4 is 0 Å². The van der Waals surface area contributed by atoms with Crippen molar-refractivity contribution in [1.82, 2.24) is 0 Å². The van der Waals surface area contributed by atoms with Crippen molar-refractivity contribution in [3.8, 4) is 0 Å². The third kappa shape index (κ3) is 4.92. The predicted octanol–water partition coefficient (Wildman–Crippen LogP) is 9.63. The first-order valence-electron chi connectivity index (χ1n) is 14.2. The molecule has 5 aliphatic rings. The highest BCUT2D eigenvalue weighted by Crippen LogP contribution is 2.65. The van der Waals surface area contributed by atoms with E-state index in [4.69, 9.17) is 0 Å². The van der Waals surface area contributed by atoms with Gasteiger partial charge in [0.25, 0.3) is 0 Å². The van der Waals surface area contributed by atoms with Crippen LogP contribution in [0.5, 0.6) is 0 Å². The van der Waals surface area contributed by atoms with Gasteiger partial charge in [-0.3, -0.25) is 0 Å². The number of rotatable bonds is 0. The minimum Gasteiger partial charge on any atom is -0.0683 e. The lowest BCUT2D eigenvalue weighted by molar-refractivity contribution is 0.0765. The first-order valence-corrected chi connectivity index (χ1v) is 14.2. The molecule has 0 amide bonds. The molecule has 0 radical (unpaired) electrons. The van der Waals surface area contributed by atoms with E-state index in [2.05, 4.69) is 27.7 Å². The molecule has 5 fully saturated rings. The van der Waals surface area contributed by atoms with Crippen LogP contribution in [0.2, 0.25) is 0 Å². The standard InChI is InChI=1S/C22H36.C3H8.2C2H6/c1-13-15-7-3-5-9-17(15)21-12-20-14(2)16-8-4-6-10-18(16)22(20)11-19(13)21;1-3-2;2*1-2/h13-22H,3-12H2,1-2H3;3H2,1-2H3;2*1-2H3. The van der Waals surface area contributed by atoms with Crippen LogP contribution >= 0.6 is 0 Å². The molecule has 10 atom stereocenters. The molecule has 0 aliphatic heterocycles. The number of hydrogen-bond acceptors (Lipinski definition) is 0. The van der Waals surface area contributed by atoms with Crippen LogP contribution in [0.4, 0.5) is 0 Å².